The Morgan fingerprint density at radius 1 is 1.20 bits per heavy atom. The number of nitrogens with two attached hydrogens (primary N) is 1. The fourth-order valence-corrected chi connectivity index (χ4v) is 5.16. The molecule has 0 bridgehead atoms. The van der Waals surface area contributed by atoms with Crippen molar-refractivity contribution in [3.05, 3.63) is 41.5 Å². The first-order chi connectivity index (χ1) is 14.5. The topological polar surface area (TPSA) is 93.7 Å². The zero-order valence-electron chi connectivity index (χ0n) is 16.9. The van der Waals surface area contributed by atoms with Crippen molar-refractivity contribution in [1.82, 2.24) is 24.9 Å². The van der Waals surface area contributed by atoms with E-state index in [1.807, 2.05) is 6.07 Å². The Morgan fingerprint density at radius 3 is 2.77 bits per heavy atom. The van der Waals surface area contributed by atoms with Crippen LogP contribution in [0.1, 0.15) is 31.5 Å². The molecule has 3 aromatic heterocycles. The summed E-state index contributed by atoms with van der Waals surface area (Å²) in [5.41, 5.74) is 10.7. The SMILES string of the molecule is CCC1=C(Cl)c2c(nc(Sc3cnc4nccnc4c3)nc2N2CC(C)(CN)C2)C1. The van der Waals surface area contributed by atoms with Crippen LogP contribution in [0.5, 0.6) is 0 Å². The summed E-state index contributed by atoms with van der Waals surface area (Å²) in [6, 6.07) is 1.97. The smallest absolute Gasteiger partial charge is 0.194 e. The van der Waals surface area contributed by atoms with Gasteiger partial charge < -0.3 is 10.6 Å². The molecule has 2 aliphatic rings. The summed E-state index contributed by atoms with van der Waals surface area (Å²) in [4.78, 5) is 25.9. The highest BCUT2D eigenvalue weighted by Gasteiger charge is 2.41. The van der Waals surface area contributed by atoms with Crippen molar-refractivity contribution in [1.29, 1.82) is 0 Å². The number of rotatable bonds is 5. The number of halogens is 1. The number of aromatic nitrogens is 5. The van der Waals surface area contributed by atoms with Gasteiger partial charge in [0.2, 0.25) is 0 Å². The van der Waals surface area contributed by atoms with Crippen LogP contribution in [0.15, 0.2) is 40.3 Å². The third kappa shape index (κ3) is 3.33. The van der Waals surface area contributed by atoms with Gasteiger partial charge in [0.05, 0.1) is 16.3 Å². The van der Waals surface area contributed by atoms with Gasteiger partial charge >= 0.3 is 0 Å². The van der Waals surface area contributed by atoms with Gasteiger partial charge in [0.1, 0.15) is 11.3 Å². The Morgan fingerprint density at radius 2 is 2.00 bits per heavy atom. The molecule has 0 amide bonds. The largest absolute Gasteiger partial charge is 0.355 e. The molecule has 0 aromatic carbocycles. The molecule has 30 heavy (non-hydrogen) atoms. The molecule has 0 spiro atoms. The van der Waals surface area contributed by atoms with Crippen LogP contribution in [0.4, 0.5) is 5.82 Å². The first-order valence-corrected chi connectivity index (χ1v) is 11.2. The minimum absolute atomic E-state index is 0.119. The fourth-order valence-electron chi connectivity index (χ4n) is 3.99. The van der Waals surface area contributed by atoms with Crippen molar-refractivity contribution < 1.29 is 0 Å². The lowest BCUT2D eigenvalue weighted by Crippen LogP contribution is -2.58. The standard InChI is InChI=1S/C21H22ClN7S/c1-3-12-6-14-16(17(12)22)19(29-10-21(2,9-23)11-29)28-20(27-14)30-13-7-15-18(26-8-13)25-5-4-24-15/h4-5,7-8H,3,6,9-11,23H2,1-2H3. The molecule has 9 heteroatoms. The monoisotopic (exact) mass is 439 g/mol. The molecular weight excluding hydrogens is 418 g/mol. The summed E-state index contributed by atoms with van der Waals surface area (Å²) in [7, 11) is 0. The van der Waals surface area contributed by atoms with E-state index in [0.29, 0.717) is 17.3 Å². The highest BCUT2D eigenvalue weighted by molar-refractivity contribution is 7.99. The first-order valence-electron chi connectivity index (χ1n) is 9.98. The molecule has 7 nitrogen and oxygen atoms in total. The van der Waals surface area contributed by atoms with E-state index in [1.165, 1.54) is 17.3 Å². The molecule has 0 unspecified atom stereocenters. The highest BCUT2D eigenvalue weighted by Crippen LogP contribution is 2.45. The molecule has 4 heterocycles. The molecule has 5 rings (SSSR count). The second kappa shape index (κ2) is 7.44. The molecule has 0 saturated carbocycles. The molecule has 3 aromatic rings. The maximum absolute atomic E-state index is 6.74. The molecule has 2 N–H and O–H groups in total. The summed E-state index contributed by atoms with van der Waals surface area (Å²) >= 11 is 8.22. The van der Waals surface area contributed by atoms with Crippen LogP contribution in [0, 0.1) is 5.41 Å². The molecule has 0 atom stereocenters. The van der Waals surface area contributed by atoms with Gasteiger partial charge in [0, 0.05) is 55.0 Å². The lowest BCUT2D eigenvalue weighted by molar-refractivity contribution is 0.252. The normalized spacial score (nSPS) is 17.4. The van der Waals surface area contributed by atoms with Gasteiger partial charge in [0.25, 0.3) is 0 Å². The fraction of sp³-hybridized carbons (Fsp3) is 0.381. The van der Waals surface area contributed by atoms with Gasteiger partial charge in [0.15, 0.2) is 10.8 Å². The summed E-state index contributed by atoms with van der Waals surface area (Å²) in [5, 5.41) is 1.50. The van der Waals surface area contributed by atoms with E-state index in [9.17, 15) is 0 Å². The zero-order valence-corrected chi connectivity index (χ0v) is 18.5. The molecule has 1 aliphatic heterocycles. The highest BCUT2D eigenvalue weighted by atomic mass is 35.5. The van der Waals surface area contributed by atoms with E-state index in [0.717, 1.165) is 58.5 Å². The maximum atomic E-state index is 6.74. The molecular formula is C21H22ClN7S. The summed E-state index contributed by atoms with van der Waals surface area (Å²) in [5.74, 6) is 0.912. The molecule has 1 saturated heterocycles. The predicted molar refractivity (Wildman–Crippen MR) is 120 cm³/mol. The van der Waals surface area contributed by atoms with E-state index in [1.54, 1.807) is 18.6 Å². The third-order valence-corrected chi connectivity index (χ3v) is 7.01. The van der Waals surface area contributed by atoms with E-state index < -0.39 is 0 Å². The van der Waals surface area contributed by atoms with Crippen LogP contribution < -0.4 is 10.6 Å². The average Bonchev–Trinajstić information content (AvgIpc) is 3.06. The Labute approximate surface area is 184 Å². The van der Waals surface area contributed by atoms with Gasteiger partial charge in [-0.3, -0.25) is 4.98 Å². The van der Waals surface area contributed by atoms with Gasteiger partial charge in [-0.1, -0.05) is 25.4 Å². The summed E-state index contributed by atoms with van der Waals surface area (Å²) in [6.07, 6.45) is 6.78. The van der Waals surface area contributed by atoms with E-state index >= 15 is 0 Å². The van der Waals surface area contributed by atoms with Crippen molar-refractivity contribution in [2.45, 2.75) is 36.7 Å². The predicted octanol–water partition coefficient (Wildman–Crippen LogP) is 3.67. The molecule has 1 aliphatic carbocycles. The van der Waals surface area contributed by atoms with Crippen LogP contribution in [0.25, 0.3) is 16.2 Å². The Balaban J connectivity index is 1.52. The lowest BCUT2D eigenvalue weighted by Gasteiger charge is -2.48. The maximum Gasteiger partial charge on any atom is 0.194 e. The Kier molecular flexibility index (Phi) is 4.88. The number of anilines is 1. The zero-order chi connectivity index (χ0) is 20.9. The van der Waals surface area contributed by atoms with Crippen molar-refractivity contribution in [3.63, 3.8) is 0 Å². The van der Waals surface area contributed by atoms with Gasteiger partial charge in [-0.15, -0.1) is 0 Å². The first kappa shape index (κ1) is 19.7. The van der Waals surface area contributed by atoms with Crippen molar-refractivity contribution in [2.24, 2.45) is 11.1 Å². The van der Waals surface area contributed by atoms with E-state index in [2.05, 4.69) is 33.7 Å². The third-order valence-electron chi connectivity index (χ3n) is 5.73. The summed E-state index contributed by atoms with van der Waals surface area (Å²) in [6.45, 7) is 6.73. The minimum atomic E-state index is 0.119. The van der Waals surface area contributed by atoms with Crippen molar-refractivity contribution in [2.75, 3.05) is 24.5 Å². The number of fused-ring (bicyclic) bond motifs is 2. The second-order valence-electron chi connectivity index (χ2n) is 8.14. The Bertz CT molecular complexity index is 1170. The van der Waals surface area contributed by atoms with Crippen LogP contribution in [0.3, 0.4) is 0 Å². The number of pyridine rings is 1. The number of nitrogens with zero attached hydrogens (tertiary/aromatic N) is 6. The molecule has 154 valence electrons. The van der Waals surface area contributed by atoms with Gasteiger partial charge in [-0.25, -0.2) is 19.9 Å². The van der Waals surface area contributed by atoms with Gasteiger partial charge in [-0.2, -0.15) is 0 Å². The van der Waals surface area contributed by atoms with Crippen LogP contribution in [-0.4, -0.2) is 44.6 Å². The lowest BCUT2D eigenvalue weighted by atomic mass is 9.82. The van der Waals surface area contributed by atoms with Gasteiger partial charge in [-0.05, 0) is 29.8 Å². The van der Waals surface area contributed by atoms with E-state index in [-0.39, 0.29) is 5.41 Å². The molecule has 1 fully saturated rings. The van der Waals surface area contributed by atoms with Crippen LogP contribution in [-0.2, 0) is 6.42 Å². The Hall–Kier alpha value is -2.29. The number of hydrogen-bond acceptors (Lipinski definition) is 8. The minimum Gasteiger partial charge on any atom is -0.355 e. The number of allylic oxidation sites excluding steroid dienone is 1. The van der Waals surface area contributed by atoms with E-state index in [4.69, 9.17) is 27.3 Å². The van der Waals surface area contributed by atoms with Crippen molar-refractivity contribution in [3.8, 4) is 0 Å². The second-order valence-corrected chi connectivity index (χ2v) is 9.56. The number of hydrogen-bond donors (Lipinski definition) is 1. The van der Waals surface area contributed by atoms with Crippen LogP contribution in [0.2, 0.25) is 0 Å². The summed E-state index contributed by atoms with van der Waals surface area (Å²) < 4.78 is 0. The van der Waals surface area contributed by atoms with Crippen LogP contribution >= 0.6 is 23.4 Å². The quantitative estimate of drug-likeness (QED) is 0.602. The molecule has 0 radical (unpaired) electrons. The average molecular weight is 440 g/mol. The van der Waals surface area contributed by atoms with Crippen molar-refractivity contribution >= 4 is 45.4 Å².